The number of para-hydroxylation sites is 1. The number of urea groups is 1. The minimum atomic E-state index is -0.0466. The molecule has 0 radical (unpaired) electrons. The smallest absolute Gasteiger partial charge is 0.318 e. The van der Waals surface area contributed by atoms with Crippen LogP contribution in [0.4, 0.5) is 4.79 Å². The normalized spacial score (nSPS) is 16.5. The Morgan fingerprint density at radius 2 is 2.04 bits per heavy atom. The van der Waals surface area contributed by atoms with Crippen molar-refractivity contribution in [3.05, 3.63) is 47.9 Å². The molecule has 0 atom stereocenters. The maximum absolute atomic E-state index is 13.0. The van der Waals surface area contributed by atoms with E-state index in [1.54, 1.807) is 12.5 Å². The number of carbonyl (C=O) groups is 1. The lowest BCUT2D eigenvalue weighted by Gasteiger charge is -2.34. The first-order chi connectivity index (χ1) is 12.8. The van der Waals surface area contributed by atoms with Crippen LogP contribution in [0.3, 0.4) is 0 Å². The van der Waals surface area contributed by atoms with Gasteiger partial charge in [0.2, 0.25) is 6.79 Å². The van der Waals surface area contributed by atoms with Gasteiger partial charge in [-0.25, -0.2) is 4.79 Å². The first kappa shape index (κ1) is 16.8. The van der Waals surface area contributed by atoms with E-state index in [-0.39, 0.29) is 18.9 Å². The van der Waals surface area contributed by atoms with E-state index in [4.69, 9.17) is 13.9 Å². The van der Waals surface area contributed by atoms with E-state index < -0.39 is 0 Å². The molecule has 26 heavy (non-hydrogen) atoms. The zero-order valence-corrected chi connectivity index (χ0v) is 14.8. The van der Waals surface area contributed by atoms with Gasteiger partial charge in [-0.3, -0.25) is 0 Å². The molecule has 1 aromatic heterocycles. The van der Waals surface area contributed by atoms with E-state index in [9.17, 15) is 4.79 Å². The van der Waals surface area contributed by atoms with Gasteiger partial charge < -0.3 is 24.1 Å². The van der Waals surface area contributed by atoms with E-state index in [0.29, 0.717) is 13.1 Å². The van der Waals surface area contributed by atoms with Crippen molar-refractivity contribution in [3.63, 3.8) is 0 Å². The van der Waals surface area contributed by atoms with Crippen molar-refractivity contribution in [2.45, 2.75) is 51.2 Å². The summed E-state index contributed by atoms with van der Waals surface area (Å²) in [4.78, 5) is 14.9. The third-order valence-corrected chi connectivity index (χ3v) is 5.12. The fourth-order valence-electron chi connectivity index (χ4n) is 3.74. The minimum absolute atomic E-state index is 0.0466. The Morgan fingerprint density at radius 1 is 1.15 bits per heavy atom. The van der Waals surface area contributed by atoms with Crippen LogP contribution in [0.25, 0.3) is 0 Å². The van der Waals surface area contributed by atoms with Gasteiger partial charge in [0, 0.05) is 23.7 Å². The summed E-state index contributed by atoms with van der Waals surface area (Å²) in [6, 6.07) is 7.89. The summed E-state index contributed by atoms with van der Waals surface area (Å²) in [5, 5.41) is 3.06. The van der Waals surface area contributed by atoms with E-state index in [0.717, 1.165) is 35.5 Å². The molecular weight excluding hydrogens is 332 g/mol. The van der Waals surface area contributed by atoms with Gasteiger partial charge in [0.15, 0.2) is 11.5 Å². The van der Waals surface area contributed by atoms with Crippen molar-refractivity contribution < 1.29 is 18.7 Å². The second kappa shape index (κ2) is 7.72. The lowest BCUT2D eigenvalue weighted by Crippen LogP contribution is -2.46. The first-order valence-electron chi connectivity index (χ1n) is 9.24. The van der Waals surface area contributed by atoms with Crippen molar-refractivity contribution in [1.82, 2.24) is 10.2 Å². The zero-order chi connectivity index (χ0) is 17.8. The summed E-state index contributed by atoms with van der Waals surface area (Å²) in [5.74, 6) is 1.46. The molecule has 138 valence electrons. The van der Waals surface area contributed by atoms with Gasteiger partial charge in [0.25, 0.3) is 0 Å². The van der Waals surface area contributed by atoms with Crippen LogP contribution in [-0.2, 0) is 13.1 Å². The third kappa shape index (κ3) is 3.64. The molecule has 1 aliphatic heterocycles. The molecule has 4 rings (SSSR count). The molecule has 2 aliphatic rings. The second-order valence-corrected chi connectivity index (χ2v) is 6.86. The molecule has 0 saturated heterocycles. The largest absolute Gasteiger partial charge is 0.472 e. The molecule has 1 N–H and O–H groups in total. The molecule has 0 unspecified atom stereocenters. The highest BCUT2D eigenvalue weighted by molar-refractivity contribution is 5.74. The van der Waals surface area contributed by atoms with Gasteiger partial charge in [-0.2, -0.15) is 0 Å². The summed E-state index contributed by atoms with van der Waals surface area (Å²) in [7, 11) is 0. The summed E-state index contributed by atoms with van der Waals surface area (Å²) in [6.45, 7) is 1.22. The Kier molecular flexibility index (Phi) is 5.00. The average molecular weight is 356 g/mol. The quantitative estimate of drug-likeness (QED) is 0.878. The van der Waals surface area contributed by atoms with Crippen LogP contribution in [0.5, 0.6) is 11.5 Å². The molecule has 0 spiro atoms. The van der Waals surface area contributed by atoms with E-state index in [1.165, 1.54) is 19.3 Å². The fraction of sp³-hybridized carbons (Fsp3) is 0.450. The monoisotopic (exact) mass is 356 g/mol. The molecule has 6 heteroatoms. The maximum atomic E-state index is 13.0. The van der Waals surface area contributed by atoms with Crippen molar-refractivity contribution >= 4 is 6.03 Å². The second-order valence-electron chi connectivity index (χ2n) is 6.86. The summed E-state index contributed by atoms with van der Waals surface area (Å²) in [5.41, 5.74) is 1.95. The molecule has 2 amide bonds. The minimum Gasteiger partial charge on any atom is -0.472 e. The van der Waals surface area contributed by atoms with Crippen molar-refractivity contribution in [2.75, 3.05) is 6.79 Å². The highest BCUT2D eigenvalue weighted by Crippen LogP contribution is 2.35. The number of rotatable bonds is 5. The predicted octanol–water partition coefficient (Wildman–Crippen LogP) is 4.05. The Hall–Kier alpha value is -2.63. The van der Waals surface area contributed by atoms with Crippen LogP contribution in [-0.4, -0.2) is 23.8 Å². The lowest BCUT2D eigenvalue weighted by molar-refractivity contribution is 0.150. The predicted molar refractivity (Wildman–Crippen MR) is 95.9 cm³/mol. The molecule has 6 nitrogen and oxygen atoms in total. The summed E-state index contributed by atoms with van der Waals surface area (Å²) < 4.78 is 16.1. The molecule has 2 heterocycles. The van der Waals surface area contributed by atoms with Gasteiger partial charge in [-0.15, -0.1) is 0 Å². The lowest BCUT2D eigenvalue weighted by atomic mass is 9.94. The number of carbonyl (C=O) groups excluding carboxylic acids is 1. The van der Waals surface area contributed by atoms with Crippen LogP contribution < -0.4 is 14.8 Å². The Balaban J connectivity index is 1.44. The third-order valence-electron chi connectivity index (χ3n) is 5.12. The summed E-state index contributed by atoms with van der Waals surface area (Å²) >= 11 is 0. The molecular formula is C20H24N2O4. The van der Waals surface area contributed by atoms with Gasteiger partial charge >= 0.3 is 6.03 Å². The van der Waals surface area contributed by atoms with E-state index in [1.807, 2.05) is 29.2 Å². The van der Waals surface area contributed by atoms with Crippen molar-refractivity contribution in [3.8, 4) is 11.5 Å². The number of furan rings is 1. The van der Waals surface area contributed by atoms with Crippen LogP contribution >= 0.6 is 0 Å². The first-order valence-corrected chi connectivity index (χ1v) is 9.24. The summed E-state index contributed by atoms with van der Waals surface area (Å²) in [6.07, 6.45) is 9.08. The van der Waals surface area contributed by atoms with Crippen molar-refractivity contribution in [1.29, 1.82) is 0 Å². The van der Waals surface area contributed by atoms with Crippen LogP contribution in [0.1, 0.15) is 43.2 Å². The number of ether oxygens (including phenoxy) is 2. The standard InChI is InChI=1S/C20H24N2O4/c23-20(21-11-16-5-4-8-18-19(16)26-14-25-18)22(12-15-9-10-24-13-15)17-6-2-1-3-7-17/h4-5,8-10,13,17H,1-3,6-7,11-12,14H2,(H,21,23). The topological polar surface area (TPSA) is 63.9 Å². The molecule has 1 saturated carbocycles. The van der Waals surface area contributed by atoms with Gasteiger partial charge in [0.05, 0.1) is 19.1 Å². The number of hydrogen-bond acceptors (Lipinski definition) is 4. The molecule has 0 bridgehead atoms. The van der Waals surface area contributed by atoms with E-state index in [2.05, 4.69) is 5.32 Å². The van der Waals surface area contributed by atoms with Crippen LogP contribution in [0.2, 0.25) is 0 Å². The van der Waals surface area contributed by atoms with Crippen LogP contribution in [0.15, 0.2) is 41.2 Å². The molecule has 2 aromatic rings. The Bertz CT molecular complexity index is 738. The Labute approximate surface area is 153 Å². The highest BCUT2D eigenvalue weighted by atomic mass is 16.7. The SMILES string of the molecule is O=C(NCc1cccc2c1OCO2)N(Cc1ccoc1)C1CCCCC1. The van der Waals surface area contributed by atoms with Gasteiger partial charge in [-0.1, -0.05) is 31.4 Å². The number of benzene rings is 1. The zero-order valence-electron chi connectivity index (χ0n) is 14.8. The number of amides is 2. The number of nitrogens with one attached hydrogen (secondary N) is 1. The highest BCUT2D eigenvalue weighted by Gasteiger charge is 2.26. The van der Waals surface area contributed by atoms with E-state index >= 15 is 0 Å². The maximum Gasteiger partial charge on any atom is 0.318 e. The molecule has 1 fully saturated rings. The number of fused-ring (bicyclic) bond motifs is 1. The average Bonchev–Trinajstić information content (AvgIpc) is 3.36. The Morgan fingerprint density at radius 3 is 2.85 bits per heavy atom. The number of nitrogens with zero attached hydrogens (tertiary/aromatic N) is 1. The van der Waals surface area contributed by atoms with Gasteiger partial charge in [0.1, 0.15) is 0 Å². The number of hydrogen-bond donors (Lipinski definition) is 1. The van der Waals surface area contributed by atoms with Crippen molar-refractivity contribution in [2.24, 2.45) is 0 Å². The molecule has 1 aromatic carbocycles. The fourth-order valence-corrected chi connectivity index (χ4v) is 3.74. The van der Waals surface area contributed by atoms with Gasteiger partial charge in [-0.05, 0) is 25.0 Å². The van der Waals surface area contributed by atoms with Crippen LogP contribution in [0, 0.1) is 0 Å². The molecule has 1 aliphatic carbocycles.